The highest BCUT2D eigenvalue weighted by Crippen LogP contribution is 2.17. The molecule has 0 bridgehead atoms. The molecule has 2 rings (SSSR count). The van der Waals surface area contributed by atoms with E-state index in [1.54, 1.807) is 23.9 Å². The number of rotatable bonds is 2. The van der Waals surface area contributed by atoms with Gasteiger partial charge in [0.05, 0.1) is 18.0 Å². The molecule has 0 unspecified atom stereocenters. The summed E-state index contributed by atoms with van der Waals surface area (Å²) in [5, 5.41) is 3.46. The van der Waals surface area contributed by atoms with E-state index < -0.39 is 0 Å². The molecule has 1 aromatic carbocycles. The Kier molecular flexibility index (Phi) is 2.04. The summed E-state index contributed by atoms with van der Waals surface area (Å²) in [6, 6.07) is 5.42. The number of nitrogens with one attached hydrogen (secondary N) is 1. The van der Waals surface area contributed by atoms with Gasteiger partial charge in [0.1, 0.15) is 5.75 Å². The van der Waals surface area contributed by atoms with Crippen LogP contribution in [-0.2, 0) is 6.54 Å². The third-order valence-electron chi connectivity index (χ3n) is 2.29. The predicted molar refractivity (Wildman–Crippen MR) is 54.8 cm³/mol. The molecule has 2 aromatic rings. The molecule has 1 aromatic heterocycles. The van der Waals surface area contributed by atoms with Gasteiger partial charge in [0, 0.05) is 12.6 Å². The number of H-pyrrole nitrogens is 1. The number of aryl methyl sites for hydroxylation is 1. The molecule has 0 aliphatic rings. The standard InChI is InChI=1S/C10H12N2O2/c1-3-12-9-6-7(14-2)4-5-8(9)10(13)11-12/h4-6H,3H2,1-2H3,(H,11,13). The van der Waals surface area contributed by atoms with Crippen LogP contribution in [0, 0.1) is 0 Å². The van der Waals surface area contributed by atoms with Gasteiger partial charge in [-0.25, -0.2) is 0 Å². The summed E-state index contributed by atoms with van der Waals surface area (Å²) in [6.45, 7) is 2.72. The molecule has 1 N–H and O–H groups in total. The molecule has 0 radical (unpaired) electrons. The molecule has 0 aliphatic carbocycles. The summed E-state index contributed by atoms with van der Waals surface area (Å²) in [5.74, 6) is 0.763. The van der Waals surface area contributed by atoms with Gasteiger partial charge in [0.2, 0.25) is 0 Å². The van der Waals surface area contributed by atoms with Crippen molar-refractivity contribution in [3.63, 3.8) is 0 Å². The minimum absolute atomic E-state index is 0.0514. The number of aromatic amines is 1. The first kappa shape index (κ1) is 8.87. The summed E-state index contributed by atoms with van der Waals surface area (Å²) in [7, 11) is 1.61. The Morgan fingerprint density at radius 1 is 1.50 bits per heavy atom. The van der Waals surface area contributed by atoms with Gasteiger partial charge in [-0.1, -0.05) is 0 Å². The Morgan fingerprint density at radius 3 is 2.93 bits per heavy atom. The number of methoxy groups -OCH3 is 1. The summed E-state index contributed by atoms with van der Waals surface area (Å²) in [4.78, 5) is 11.4. The molecule has 0 aliphatic heterocycles. The van der Waals surface area contributed by atoms with Crippen molar-refractivity contribution >= 4 is 10.9 Å². The average molecular weight is 192 g/mol. The van der Waals surface area contributed by atoms with Gasteiger partial charge in [0.15, 0.2) is 0 Å². The Bertz CT molecular complexity index is 510. The Labute approximate surface area is 81.1 Å². The second kappa shape index (κ2) is 3.21. The van der Waals surface area contributed by atoms with Gasteiger partial charge < -0.3 is 4.74 Å². The lowest BCUT2D eigenvalue weighted by molar-refractivity contribution is 0.415. The molecule has 1 heterocycles. The molecule has 4 heteroatoms. The molecule has 0 saturated heterocycles. The maximum Gasteiger partial charge on any atom is 0.271 e. The van der Waals surface area contributed by atoms with Crippen LogP contribution < -0.4 is 10.3 Å². The van der Waals surface area contributed by atoms with Gasteiger partial charge >= 0.3 is 0 Å². The van der Waals surface area contributed by atoms with Crippen molar-refractivity contribution in [1.29, 1.82) is 0 Å². The van der Waals surface area contributed by atoms with Crippen LogP contribution in [0.25, 0.3) is 10.9 Å². The van der Waals surface area contributed by atoms with E-state index in [2.05, 4.69) is 5.10 Å². The SMILES string of the molecule is CCn1[nH]c(=O)c2ccc(OC)cc21. The highest BCUT2D eigenvalue weighted by Gasteiger charge is 2.05. The molecule has 0 spiro atoms. The van der Waals surface area contributed by atoms with Gasteiger partial charge in [0.25, 0.3) is 5.56 Å². The number of hydrogen-bond acceptors (Lipinski definition) is 2. The number of nitrogens with zero attached hydrogens (tertiary/aromatic N) is 1. The maximum absolute atomic E-state index is 11.4. The fourth-order valence-electron chi connectivity index (χ4n) is 1.55. The minimum atomic E-state index is -0.0514. The second-order valence-corrected chi connectivity index (χ2v) is 3.07. The zero-order valence-corrected chi connectivity index (χ0v) is 8.20. The first-order valence-corrected chi connectivity index (χ1v) is 4.53. The quantitative estimate of drug-likeness (QED) is 0.780. The van der Waals surface area contributed by atoms with E-state index in [0.717, 1.165) is 17.8 Å². The van der Waals surface area contributed by atoms with E-state index in [0.29, 0.717) is 5.39 Å². The molecule has 0 fully saturated rings. The van der Waals surface area contributed by atoms with Crippen molar-refractivity contribution in [2.24, 2.45) is 0 Å². The van der Waals surface area contributed by atoms with Crippen molar-refractivity contribution in [3.8, 4) is 5.75 Å². The monoisotopic (exact) mass is 192 g/mol. The lowest BCUT2D eigenvalue weighted by Gasteiger charge is -2.01. The largest absolute Gasteiger partial charge is 0.497 e. The smallest absolute Gasteiger partial charge is 0.271 e. The highest BCUT2D eigenvalue weighted by atomic mass is 16.5. The minimum Gasteiger partial charge on any atom is -0.497 e. The summed E-state index contributed by atoms with van der Waals surface area (Å²) in [5.41, 5.74) is 0.835. The molecular weight excluding hydrogens is 180 g/mol. The van der Waals surface area contributed by atoms with Crippen molar-refractivity contribution in [1.82, 2.24) is 9.78 Å². The summed E-state index contributed by atoms with van der Waals surface area (Å²) < 4.78 is 6.91. The van der Waals surface area contributed by atoms with Crippen molar-refractivity contribution in [2.45, 2.75) is 13.5 Å². The van der Waals surface area contributed by atoms with Crippen LogP contribution in [0.4, 0.5) is 0 Å². The maximum atomic E-state index is 11.4. The van der Waals surface area contributed by atoms with Crippen molar-refractivity contribution in [3.05, 3.63) is 28.6 Å². The van der Waals surface area contributed by atoms with E-state index in [1.807, 2.05) is 13.0 Å². The fraction of sp³-hybridized carbons (Fsp3) is 0.300. The number of ether oxygens (including phenoxy) is 1. The molecule has 14 heavy (non-hydrogen) atoms. The molecule has 4 nitrogen and oxygen atoms in total. The Morgan fingerprint density at radius 2 is 2.29 bits per heavy atom. The van der Waals surface area contributed by atoms with Gasteiger partial charge in [-0.15, -0.1) is 0 Å². The van der Waals surface area contributed by atoms with Crippen LogP contribution in [0.5, 0.6) is 5.75 Å². The first-order valence-electron chi connectivity index (χ1n) is 4.53. The lowest BCUT2D eigenvalue weighted by atomic mass is 10.2. The second-order valence-electron chi connectivity index (χ2n) is 3.07. The molecule has 0 atom stereocenters. The Balaban J connectivity index is 2.78. The van der Waals surface area contributed by atoms with Crippen LogP contribution in [0.2, 0.25) is 0 Å². The Hall–Kier alpha value is -1.71. The van der Waals surface area contributed by atoms with Crippen molar-refractivity contribution in [2.75, 3.05) is 7.11 Å². The molecule has 0 amide bonds. The van der Waals surface area contributed by atoms with Crippen LogP contribution in [-0.4, -0.2) is 16.9 Å². The van der Waals surface area contributed by atoms with Crippen LogP contribution in [0.1, 0.15) is 6.92 Å². The van der Waals surface area contributed by atoms with E-state index >= 15 is 0 Å². The topological polar surface area (TPSA) is 47.0 Å². The third-order valence-corrected chi connectivity index (χ3v) is 2.29. The first-order chi connectivity index (χ1) is 6.76. The van der Waals surface area contributed by atoms with E-state index in [-0.39, 0.29) is 5.56 Å². The zero-order chi connectivity index (χ0) is 10.1. The zero-order valence-electron chi connectivity index (χ0n) is 8.20. The third kappa shape index (κ3) is 1.19. The van der Waals surface area contributed by atoms with Gasteiger partial charge in [-0.05, 0) is 19.1 Å². The molecule has 0 saturated carbocycles. The van der Waals surface area contributed by atoms with Gasteiger partial charge in [-0.3, -0.25) is 14.6 Å². The average Bonchev–Trinajstić information content (AvgIpc) is 2.55. The van der Waals surface area contributed by atoms with E-state index in [4.69, 9.17) is 4.74 Å². The summed E-state index contributed by atoms with van der Waals surface area (Å²) >= 11 is 0. The number of benzene rings is 1. The normalized spacial score (nSPS) is 10.7. The predicted octanol–water partition coefficient (Wildman–Crippen LogP) is 1.36. The number of fused-ring (bicyclic) bond motifs is 1. The highest BCUT2D eigenvalue weighted by molar-refractivity contribution is 5.79. The fourth-order valence-corrected chi connectivity index (χ4v) is 1.55. The molecule has 74 valence electrons. The van der Waals surface area contributed by atoms with Gasteiger partial charge in [-0.2, -0.15) is 0 Å². The van der Waals surface area contributed by atoms with E-state index in [9.17, 15) is 4.79 Å². The number of aromatic nitrogens is 2. The number of hydrogen-bond donors (Lipinski definition) is 1. The van der Waals surface area contributed by atoms with Crippen LogP contribution in [0.3, 0.4) is 0 Å². The van der Waals surface area contributed by atoms with Crippen LogP contribution in [0.15, 0.2) is 23.0 Å². The van der Waals surface area contributed by atoms with E-state index in [1.165, 1.54) is 0 Å². The summed E-state index contributed by atoms with van der Waals surface area (Å²) in [6.07, 6.45) is 0. The van der Waals surface area contributed by atoms with Crippen LogP contribution >= 0.6 is 0 Å². The lowest BCUT2D eigenvalue weighted by Crippen LogP contribution is -2.03. The molecular formula is C10H12N2O2. The van der Waals surface area contributed by atoms with Crippen molar-refractivity contribution < 1.29 is 4.74 Å².